The van der Waals surface area contributed by atoms with Gasteiger partial charge in [0, 0.05) is 31.0 Å². The number of hydrogen-bond donors (Lipinski definition) is 1. The summed E-state index contributed by atoms with van der Waals surface area (Å²) in [7, 11) is 0. The summed E-state index contributed by atoms with van der Waals surface area (Å²) in [6.45, 7) is 8.32. The Morgan fingerprint density at radius 1 is 1.50 bits per heavy atom. The van der Waals surface area contributed by atoms with Crippen LogP contribution in [0.3, 0.4) is 0 Å². The Balaban J connectivity index is 1.96. The molecular formula is C11H20N4S. The molecule has 0 spiro atoms. The van der Waals surface area contributed by atoms with E-state index < -0.39 is 0 Å². The maximum absolute atomic E-state index is 6.25. The van der Waals surface area contributed by atoms with Crippen LogP contribution in [-0.4, -0.2) is 28.0 Å². The van der Waals surface area contributed by atoms with Crippen molar-refractivity contribution in [2.75, 3.05) is 18.0 Å². The summed E-state index contributed by atoms with van der Waals surface area (Å²) in [6.07, 6.45) is 2.07. The van der Waals surface area contributed by atoms with Gasteiger partial charge in [0.1, 0.15) is 5.82 Å². The highest BCUT2D eigenvalue weighted by Gasteiger charge is 2.43. The topological polar surface area (TPSA) is 55.0 Å². The van der Waals surface area contributed by atoms with E-state index in [-0.39, 0.29) is 5.54 Å². The molecule has 0 amide bonds. The predicted molar refractivity (Wildman–Crippen MR) is 67.9 cm³/mol. The summed E-state index contributed by atoms with van der Waals surface area (Å²) < 4.78 is 4.35. The Bertz CT molecular complexity index is 355. The zero-order chi connectivity index (χ0) is 11.8. The summed E-state index contributed by atoms with van der Waals surface area (Å²) in [5.74, 6) is 1.49. The molecule has 1 aliphatic heterocycles. The monoisotopic (exact) mass is 240 g/mol. The highest BCUT2D eigenvalue weighted by molar-refractivity contribution is 7.09. The minimum absolute atomic E-state index is 0.0312. The first-order chi connectivity index (χ1) is 7.55. The van der Waals surface area contributed by atoms with Gasteiger partial charge in [0.2, 0.25) is 5.13 Å². The van der Waals surface area contributed by atoms with Crippen LogP contribution in [0, 0.1) is 5.92 Å². The lowest BCUT2D eigenvalue weighted by Gasteiger charge is -2.50. The van der Waals surface area contributed by atoms with E-state index in [9.17, 15) is 0 Å². The fourth-order valence-electron chi connectivity index (χ4n) is 1.86. The SMILES string of the molecule is CCCc1nsc(N2CC(N)(C(C)C)C2)n1. The van der Waals surface area contributed by atoms with Gasteiger partial charge >= 0.3 is 0 Å². The first-order valence-electron chi connectivity index (χ1n) is 5.91. The standard InChI is InChI=1S/C11H20N4S/c1-4-5-9-13-10(16-14-9)15-6-11(12,7-15)8(2)3/h8H,4-7,12H2,1-3H3. The largest absolute Gasteiger partial charge is 0.343 e. The van der Waals surface area contributed by atoms with Crippen molar-refractivity contribution in [3.05, 3.63) is 5.82 Å². The molecule has 0 aromatic carbocycles. The Hall–Kier alpha value is -0.680. The minimum atomic E-state index is -0.0312. The third-order valence-corrected chi connectivity index (χ3v) is 4.14. The van der Waals surface area contributed by atoms with Crippen molar-refractivity contribution < 1.29 is 0 Å². The van der Waals surface area contributed by atoms with E-state index in [0.29, 0.717) is 5.92 Å². The van der Waals surface area contributed by atoms with Crippen molar-refractivity contribution >= 4 is 16.7 Å². The molecule has 1 saturated heterocycles. The number of aromatic nitrogens is 2. The first-order valence-corrected chi connectivity index (χ1v) is 6.69. The average molecular weight is 240 g/mol. The number of anilines is 1. The molecule has 2 heterocycles. The van der Waals surface area contributed by atoms with E-state index in [1.807, 2.05) is 0 Å². The van der Waals surface area contributed by atoms with Crippen molar-refractivity contribution in [3.63, 3.8) is 0 Å². The Labute approximate surface area is 101 Å². The van der Waals surface area contributed by atoms with Gasteiger partial charge in [0.25, 0.3) is 0 Å². The molecule has 16 heavy (non-hydrogen) atoms. The molecule has 2 N–H and O–H groups in total. The van der Waals surface area contributed by atoms with Crippen LogP contribution >= 0.6 is 11.5 Å². The second kappa shape index (κ2) is 4.30. The maximum Gasteiger partial charge on any atom is 0.205 e. The van der Waals surface area contributed by atoms with Crippen LogP contribution in [0.5, 0.6) is 0 Å². The van der Waals surface area contributed by atoms with E-state index >= 15 is 0 Å². The highest BCUT2D eigenvalue weighted by atomic mass is 32.1. The lowest BCUT2D eigenvalue weighted by Crippen LogP contribution is -2.70. The highest BCUT2D eigenvalue weighted by Crippen LogP contribution is 2.31. The van der Waals surface area contributed by atoms with Gasteiger partial charge in [-0.3, -0.25) is 0 Å². The van der Waals surface area contributed by atoms with Crippen molar-refractivity contribution in [1.82, 2.24) is 9.36 Å². The molecule has 0 atom stereocenters. The molecule has 0 radical (unpaired) electrons. The Morgan fingerprint density at radius 2 is 2.19 bits per heavy atom. The summed E-state index contributed by atoms with van der Waals surface area (Å²) in [5, 5.41) is 1.03. The molecular weight excluding hydrogens is 220 g/mol. The predicted octanol–water partition coefficient (Wildman–Crippen LogP) is 1.66. The third kappa shape index (κ3) is 2.06. The van der Waals surface area contributed by atoms with E-state index in [1.54, 1.807) is 0 Å². The van der Waals surface area contributed by atoms with Gasteiger partial charge in [-0.05, 0) is 12.3 Å². The van der Waals surface area contributed by atoms with Crippen LogP contribution in [0.1, 0.15) is 33.0 Å². The maximum atomic E-state index is 6.25. The second-order valence-electron chi connectivity index (χ2n) is 4.99. The van der Waals surface area contributed by atoms with Gasteiger partial charge in [0.15, 0.2) is 0 Å². The van der Waals surface area contributed by atoms with E-state index in [0.717, 1.165) is 36.9 Å². The van der Waals surface area contributed by atoms with Crippen molar-refractivity contribution in [3.8, 4) is 0 Å². The summed E-state index contributed by atoms with van der Waals surface area (Å²) >= 11 is 1.50. The first kappa shape index (κ1) is 11.8. The van der Waals surface area contributed by atoms with Crippen molar-refractivity contribution in [2.24, 2.45) is 11.7 Å². The second-order valence-corrected chi connectivity index (χ2v) is 5.72. The van der Waals surface area contributed by atoms with Crippen LogP contribution < -0.4 is 10.6 Å². The van der Waals surface area contributed by atoms with Gasteiger partial charge in [-0.1, -0.05) is 20.8 Å². The van der Waals surface area contributed by atoms with E-state index in [2.05, 4.69) is 35.0 Å². The van der Waals surface area contributed by atoms with E-state index in [1.165, 1.54) is 11.5 Å². The number of hydrogen-bond acceptors (Lipinski definition) is 5. The third-order valence-electron chi connectivity index (χ3n) is 3.32. The van der Waals surface area contributed by atoms with Crippen LogP contribution in [0.2, 0.25) is 0 Å². The quantitative estimate of drug-likeness (QED) is 0.869. The molecule has 0 aliphatic carbocycles. The number of rotatable bonds is 4. The van der Waals surface area contributed by atoms with Crippen LogP contribution in [-0.2, 0) is 6.42 Å². The number of nitrogens with two attached hydrogens (primary N) is 1. The number of nitrogens with zero attached hydrogens (tertiary/aromatic N) is 3. The molecule has 0 bridgehead atoms. The molecule has 2 rings (SSSR count). The van der Waals surface area contributed by atoms with Gasteiger partial charge in [-0.25, -0.2) is 4.98 Å². The molecule has 1 aromatic heterocycles. The van der Waals surface area contributed by atoms with Gasteiger partial charge in [-0.15, -0.1) is 0 Å². The zero-order valence-corrected chi connectivity index (χ0v) is 11.0. The fourth-order valence-corrected chi connectivity index (χ4v) is 2.57. The lowest BCUT2D eigenvalue weighted by atomic mass is 9.81. The lowest BCUT2D eigenvalue weighted by molar-refractivity contribution is 0.245. The molecule has 90 valence electrons. The fraction of sp³-hybridized carbons (Fsp3) is 0.818. The molecule has 5 heteroatoms. The molecule has 0 unspecified atom stereocenters. The molecule has 4 nitrogen and oxygen atoms in total. The van der Waals surface area contributed by atoms with Crippen LogP contribution in [0.4, 0.5) is 5.13 Å². The summed E-state index contributed by atoms with van der Waals surface area (Å²) in [4.78, 5) is 6.76. The molecule has 0 saturated carbocycles. The van der Waals surface area contributed by atoms with Crippen molar-refractivity contribution in [1.29, 1.82) is 0 Å². The van der Waals surface area contributed by atoms with Gasteiger partial charge in [-0.2, -0.15) is 4.37 Å². The van der Waals surface area contributed by atoms with E-state index in [4.69, 9.17) is 5.73 Å². The average Bonchev–Trinajstić information content (AvgIpc) is 2.61. The van der Waals surface area contributed by atoms with Crippen molar-refractivity contribution in [2.45, 2.75) is 39.2 Å². The molecule has 1 aliphatic rings. The Morgan fingerprint density at radius 3 is 2.75 bits per heavy atom. The molecule has 1 aromatic rings. The molecule has 1 fully saturated rings. The summed E-state index contributed by atoms with van der Waals surface area (Å²) in [5.41, 5.74) is 6.22. The minimum Gasteiger partial charge on any atom is -0.343 e. The van der Waals surface area contributed by atoms with Gasteiger partial charge in [0.05, 0.1) is 5.54 Å². The summed E-state index contributed by atoms with van der Waals surface area (Å²) in [6, 6.07) is 0. The Kier molecular flexibility index (Phi) is 3.17. The van der Waals surface area contributed by atoms with Crippen LogP contribution in [0.15, 0.2) is 0 Å². The normalized spacial score (nSPS) is 18.9. The van der Waals surface area contributed by atoms with Crippen LogP contribution in [0.25, 0.3) is 0 Å². The zero-order valence-electron chi connectivity index (χ0n) is 10.2. The number of aryl methyl sites for hydroxylation is 1. The smallest absolute Gasteiger partial charge is 0.205 e. The van der Waals surface area contributed by atoms with Gasteiger partial charge < -0.3 is 10.6 Å².